The normalized spacial score (nSPS) is 14.4. The minimum atomic E-state index is -0.733. The van der Waals surface area contributed by atoms with Crippen LogP contribution in [0.15, 0.2) is 23.1 Å². The van der Waals surface area contributed by atoms with E-state index in [9.17, 15) is 14.4 Å². The molecule has 1 aromatic carbocycles. The second-order valence-electron chi connectivity index (χ2n) is 8.67. The number of rotatable bonds is 10. The molecule has 1 aliphatic heterocycles. The molecule has 0 fully saturated rings. The highest BCUT2D eigenvalue weighted by molar-refractivity contribution is 6.00. The summed E-state index contributed by atoms with van der Waals surface area (Å²) in [7, 11) is 3.95. The summed E-state index contributed by atoms with van der Waals surface area (Å²) in [6.07, 6.45) is 3.06. The van der Waals surface area contributed by atoms with E-state index < -0.39 is 17.4 Å². The van der Waals surface area contributed by atoms with Gasteiger partial charge in [-0.05, 0) is 46.0 Å². The van der Waals surface area contributed by atoms with Crippen LogP contribution in [0.5, 0.6) is 11.5 Å². The lowest BCUT2D eigenvalue weighted by Crippen LogP contribution is -2.51. The van der Waals surface area contributed by atoms with Gasteiger partial charge in [0.2, 0.25) is 18.1 Å². The average Bonchev–Trinajstić information content (AvgIpc) is 3.26. The Morgan fingerprint density at radius 2 is 1.88 bits per heavy atom. The third-order valence-corrected chi connectivity index (χ3v) is 6.02. The summed E-state index contributed by atoms with van der Waals surface area (Å²) in [6.45, 7) is 7.83. The molecule has 0 aliphatic carbocycles. The first-order valence-electron chi connectivity index (χ1n) is 11.5. The molecule has 2 amide bonds. The maximum atomic E-state index is 13.2. The van der Waals surface area contributed by atoms with Crippen molar-refractivity contribution >= 4 is 22.7 Å². The Labute approximate surface area is 194 Å². The molecule has 0 radical (unpaired) electrons. The van der Waals surface area contributed by atoms with Crippen molar-refractivity contribution in [3.8, 4) is 11.5 Å². The lowest BCUT2D eigenvalue weighted by molar-refractivity contribution is -0.124. The molecular formula is C24H34N4O5. The van der Waals surface area contributed by atoms with Crippen LogP contribution in [0.2, 0.25) is 0 Å². The van der Waals surface area contributed by atoms with Crippen LogP contribution < -0.4 is 25.5 Å². The molecule has 0 bridgehead atoms. The molecule has 0 spiro atoms. The van der Waals surface area contributed by atoms with Crippen LogP contribution in [0, 0.1) is 5.92 Å². The van der Waals surface area contributed by atoms with Gasteiger partial charge in [0.1, 0.15) is 11.6 Å². The third-order valence-electron chi connectivity index (χ3n) is 6.02. The first kappa shape index (κ1) is 24.6. The van der Waals surface area contributed by atoms with Gasteiger partial charge in [0, 0.05) is 25.4 Å². The predicted octanol–water partition coefficient (Wildman–Crippen LogP) is 1.96. The molecule has 180 valence electrons. The van der Waals surface area contributed by atoms with E-state index in [1.807, 2.05) is 44.3 Å². The molecule has 0 unspecified atom stereocenters. The number of hydrogen-bond donors (Lipinski definition) is 2. The van der Waals surface area contributed by atoms with Gasteiger partial charge >= 0.3 is 0 Å². The van der Waals surface area contributed by atoms with Crippen molar-refractivity contribution in [1.82, 2.24) is 20.1 Å². The van der Waals surface area contributed by atoms with Crippen molar-refractivity contribution in [1.29, 1.82) is 0 Å². The topological polar surface area (TPSA) is 102 Å². The summed E-state index contributed by atoms with van der Waals surface area (Å²) < 4.78 is 12.7. The Balaban J connectivity index is 1.86. The van der Waals surface area contributed by atoms with E-state index in [0.29, 0.717) is 41.9 Å². The van der Waals surface area contributed by atoms with Crippen LogP contribution in [-0.2, 0) is 11.3 Å². The van der Waals surface area contributed by atoms with Gasteiger partial charge in [-0.1, -0.05) is 20.3 Å². The van der Waals surface area contributed by atoms with Crippen molar-refractivity contribution < 1.29 is 19.1 Å². The highest BCUT2D eigenvalue weighted by atomic mass is 16.7. The van der Waals surface area contributed by atoms with Crippen LogP contribution in [0.25, 0.3) is 10.9 Å². The SMILES string of the molecule is CC[C@H](C)[C@H](NC(=O)c1cn(CC)c2cc3c(cc2c1=O)OCO3)C(=O)NCCCN(C)C. The second-order valence-corrected chi connectivity index (χ2v) is 8.67. The largest absolute Gasteiger partial charge is 0.454 e. The zero-order valence-corrected chi connectivity index (χ0v) is 20.1. The fourth-order valence-corrected chi connectivity index (χ4v) is 3.84. The van der Waals surface area contributed by atoms with Crippen molar-refractivity contribution in [2.75, 3.05) is 34.0 Å². The Morgan fingerprint density at radius 3 is 2.52 bits per heavy atom. The van der Waals surface area contributed by atoms with E-state index in [2.05, 4.69) is 10.6 Å². The lowest BCUT2D eigenvalue weighted by Gasteiger charge is -2.24. The van der Waals surface area contributed by atoms with Crippen molar-refractivity contribution in [3.05, 3.63) is 34.1 Å². The fourth-order valence-electron chi connectivity index (χ4n) is 3.84. The molecule has 2 atom stereocenters. The summed E-state index contributed by atoms with van der Waals surface area (Å²) >= 11 is 0. The monoisotopic (exact) mass is 458 g/mol. The molecule has 0 saturated heterocycles. The first-order valence-corrected chi connectivity index (χ1v) is 11.5. The summed E-state index contributed by atoms with van der Waals surface area (Å²) in [4.78, 5) is 41.3. The smallest absolute Gasteiger partial charge is 0.257 e. The number of carbonyl (C=O) groups excluding carboxylic acids is 2. The van der Waals surface area contributed by atoms with Gasteiger partial charge in [-0.15, -0.1) is 0 Å². The molecule has 9 nitrogen and oxygen atoms in total. The van der Waals surface area contributed by atoms with Gasteiger partial charge in [0.25, 0.3) is 5.91 Å². The Hall–Kier alpha value is -3.07. The van der Waals surface area contributed by atoms with Crippen molar-refractivity contribution in [2.24, 2.45) is 5.92 Å². The third kappa shape index (κ3) is 5.47. The minimum absolute atomic E-state index is 0.00285. The highest BCUT2D eigenvalue weighted by Gasteiger charge is 2.28. The second kappa shape index (κ2) is 10.7. The van der Waals surface area contributed by atoms with Crippen LogP contribution in [0.4, 0.5) is 0 Å². The molecule has 1 aliphatic rings. The number of amides is 2. The van der Waals surface area contributed by atoms with Gasteiger partial charge in [-0.2, -0.15) is 0 Å². The maximum absolute atomic E-state index is 13.2. The van der Waals surface area contributed by atoms with Crippen molar-refractivity contribution in [3.63, 3.8) is 0 Å². The Kier molecular flexibility index (Phi) is 7.97. The number of ether oxygens (including phenoxy) is 2. The zero-order chi connectivity index (χ0) is 24.1. The number of aryl methyl sites for hydroxylation is 1. The van der Waals surface area contributed by atoms with E-state index in [1.165, 1.54) is 0 Å². The summed E-state index contributed by atoms with van der Waals surface area (Å²) in [5, 5.41) is 6.10. The standard InChI is InChI=1S/C24H34N4O5/c1-6-15(3)21(24(31)25-9-8-10-27(4)5)26-23(30)17-13-28(7-2)18-12-20-19(32-14-33-20)11-16(18)22(17)29/h11-13,15,21H,6-10,14H2,1-5H3,(H,25,31)(H,26,30)/t15-,21-/m0/s1. The molecule has 0 saturated carbocycles. The first-order chi connectivity index (χ1) is 15.8. The highest BCUT2D eigenvalue weighted by Crippen LogP contribution is 2.35. The lowest BCUT2D eigenvalue weighted by atomic mass is 9.97. The quantitative estimate of drug-likeness (QED) is 0.528. The molecule has 1 aromatic heterocycles. The van der Waals surface area contributed by atoms with Crippen LogP contribution in [0.1, 0.15) is 44.0 Å². The average molecular weight is 459 g/mol. The summed E-state index contributed by atoms with van der Waals surface area (Å²) in [6, 6.07) is 2.64. The van der Waals surface area contributed by atoms with Crippen LogP contribution >= 0.6 is 0 Å². The van der Waals surface area contributed by atoms with Crippen molar-refractivity contribution in [2.45, 2.75) is 46.2 Å². The molecule has 2 N–H and O–H groups in total. The van der Waals surface area contributed by atoms with E-state index >= 15 is 0 Å². The summed E-state index contributed by atoms with van der Waals surface area (Å²) in [5.74, 6) is 0.163. The molecule has 2 aromatic rings. The molecule has 9 heteroatoms. The number of benzene rings is 1. The molecular weight excluding hydrogens is 424 g/mol. The van der Waals surface area contributed by atoms with Gasteiger partial charge in [-0.25, -0.2) is 0 Å². The number of nitrogens with one attached hydrogen (secondary N) is 2. The summed E-state index contributed by atoms with van der Waals surface area (Å²) in [5.41, 5.74) is 0.261. The minimum Gasteiger partial charge on any atom is -0.454 e. The number of fused-ring (bicyclic) bond motifs is 2. The van der Waals surface area contributed by atoms with Crippen LogP contribution in [-0.4, -0.2) is 61.3 Å². The van der Waals surface area contributed by atoms with Gasteiger partial charge in [0.15, 0.2) is 11.5 Å². The number of hydrogen-bond acceptors (Lipinski definition) is 6. The van der Waals surface area contributed by atoms with Gasteiger partial charge in [-0.3, -0.25) is 14.4 Å². The number of aromatic nitrogens is 1. The van der Waals surface area contributed by atoms with E-state index in [-0.39, 0.29) is 24.2 Å². The van der Waals surface area contributed by atoms with E-state index in [0.717, 1.165) is 13.0 Å². The number of carbonyl (C=O) groups is 2. The Bertz CT molecular complexity index is 1080. The Morgan fingerprint density at radius 1 is 1.18 bits per heavy atom. The van der Waals surface area contributed by atoms with E-state index in [1.54, 1.807) is 18.3 Å². The number of nitrogens with zero attached hydrogens (tertiary/aromatic N) is 2. The number of pyridine rings is 1. The molecule has 3 rings (SSSR count). The maximum Gasteiger partial charge on any atom is 0.257 e. The zero-order valence-electron chi connectivity index (χ0n) is 20.1. The van der Waals surface area contributed by atoms with Crippen LogP contribution in [0.3, 0.4) is 0 Å². The van der Waals surface area contributed by atoms with Gasteiger partial charge in [0.05, 0.1) is 10.9 Å². The predicted molar refractivity (Wildman–Crippen MR) is 127 cm³/mol. The fraction of sp³-hybridized carbons (Fsp3) is 0.542. The van der Waals surface area contributed by atoms with Gasteiger partial charge < -0.3 is 29.6 Å². The van der Waals surface area contributed by atoms with E-state index in [4.69, 9.17) is 9.47 Å². The molecule has 33 heavy (non-hydrogen) atoms. The molecule has 2 heterocycles.